The minimum Gasteiger partial charge on any atom is -0.444 e. The number of hydrogen-bond donors (Lipinski definition) is 1. The first kappa shape index (κ1) is 18.7. The van der Waals surface area contributed by atoms with E-state index < -0.39 is 5.60 Å². The molecule has 26 heavy (non-hydrogen) atoms. The molecule has 1 amide bonds. The number of benzene rings is 1. The number of halogens is 1. The summed E-state index contributed by atoms with van der Waals surface area (Å²) in [5.74, 6) is 0.903. The van der Waals surface area contributed by atoms with Crippen LogP contribution in [0.4, 0.5) is 10.6 Å². The molecular formula is C19H25ClN4O2. The molecule has 140 valence electrons. The van der Waals surface area contributed by atoms with Gasteiger partial charge in [-0.2, -0.15) is 0 Å². The zero-order valence-corrected chi connectivity index (χ0v) is 16.2. The summed E-state index contributed by atoms with van der Waals surface area (Å²) in [5, 5.41) is 3.66. The van der Waals surface area contributed by atoms with E-state index in [0.717, 1.165) is 30.4 Å². The molecule has 1 aromatic heterocycles. The molecule has 1 aromatic carbocycles. The van der Waals surface area contributed by atoms with Crippen molar-refractivity contribution in [2.75, 3.05) is 25.0 Å². The molecule has 1 aliphatic heterocycles. The Hall–Kier alpha value is -2.08. The molecule has 0 aliphatic carbocycles. The van der Waals surface area contributed by atoms with Crippen LogP contribution in [-0.4, -0.2) is 46.2 Å². The molecule has 0 saturated carbocycles. The number of para-hydroxylation sites is 2. The number of amides is 1. The Bertz CT molecular complexity index is 791. The van der Waals surface area contributed by atoms with E-state index in [0.29, 0.717) is 30.0 Å². The van der Waals surface area contributed by atoms with Gasteiger partial charge in [0, 0.05) is 19.6 Å². The zero-order chi connectivity index (χ0) is 18.7. The molecule has 0 unspecified atom stereocenters. The highest BCUT2D eigenvalue weighted by Crippen LogP contribution is 2.23. The third-order valence-electron chi connectivity index (χ3n) is 4.26. The van der Waals surface area contributed by atoms with E-state index in [1.807, 2.05) is 45.0 Å². The summed E-state index contributed by atoms with van der Waals surface area (Å²) in [7, 11) is 0. The van der Waals surface area contributed by atoms with Crippen molar-refractivity contribution in [3.63, 3.8) is 0 Å². The predicted octanol–water partition coefficient (Wildman–Crippen LogP) is 4.34. The van der Waals surface area contributed by atoms with E-state index in [1.165, 1.54) is 0 Å². The van der Waals surface area contributed by atoms with Crippen molar-refractivity contribution in [1.29, 1.82) is 0 Å². The largest absolute Gasteiger partial charge is 0.444 e. The normalized spacial score (nSPS) is 18.0. The summed E-state index contributed by atoms with van der Waals surface area (Å²) in [5.41, 5.74) is 1.10. The number of aromatic nitrogens is 2. The van der Waals surface area contributed by atoms with Crippen molar-refractivity contribution < 1.29 is 9.53 Å². The van der Waals surface area contributed by atoms with E-state index in [9.17, 15) is 4.79 Å². The summed E-state index contributed by atoms with van der Waals surface area (Å²) in [6.07, 6.45) is 1.76. The molecule has 6 nitrogen and oxygen atoms in total. The second-order valence-electron chi connectivity index (χ2n) is 7.67. The number of hydrogen-bond acceptors (Lipinski definition) is 5. The number of ether oxygens (including phenoxy) is 1. The van der Waals surface area contributed by atoms with Crippen LogP contribution in [0.2, 0.25) is 5.15 Å². The molecule has 1 aliphatic rings. The van der Waals surface area contributed by atoms with Gasteiger partial charge in [-0.25, -0.2) is 14.8 Å². The number of fused-ring (bicyclic) bond motifs is 1. The SMILES string of the molecule is CC(C)(C)OC(=O)N1CCC[C@@H](CNc2nc3ccccc3nc2Cl)C1. The first-order valence-corrected chi connectivity index (χ1v) is 9.34. The Labute approximate surface area is 158 Å². The minimum absolute atomic E-state index is 0.245. The maximum absolute atomic E-state index is 12.3. The highest BCUT2D eigenvalue weighted by molar-refractivity contribution is 6.32. The van der Waals surface area contributed by atoms with E-state index in [-0.39, 0.29) is 6.09 Å². The van der Waals surface area contributed by atoms with E-state index in [1.54, 1.807) is 4.90 Å². The topological polar surface area (TPSA) is 67.3 Å². The summed E-state index contributed by atoms with van der Waals surface area (Å²) in [4.78, 5) is 23.0. The highest BCUT2D eigenvalue weighted by atomic mass is 35.5. The standard InChI is InChI=1S/C19H25ClN4O2/c1-19(2,3)26-18(25)24-10-6-7-13(12-24)11-21-17-16(20)22-14-8-4-5-9-15(14)23-17/h4-5,8-9,13H,6-7,10-12H2,1-3H3,(H,21,23)/t13-/m0/s1. The van der Waals surface area contributed by atoms with Gasteiger partial charge in [0.05, 0.1) is 11.0 Å². The minimum atomic E-state index is -0.476. The first-order chi connectivity index (χ1) is 12.3. The second-order valence-corrected chi connectivity index (χ2v) is 8.03. The number of nitrogens with zero attached hydrogens (tertiary/aromatic N) is 3. The Balaban J connectivity index is 1.61. The van der Waals surface area contributed by atoms with Gasteiger partial charge in [-0.3, -0.25) is 0 Å². The molecule has 0 spiro atoms. The average molecular weight is 377 g/mol. The Kier molecular flexibility index (Phi) is 5.51. The Morgan fingerprint density at radius 2 is 2.00 bits per heavy atom. The van der Waals surface area contributed by atoms with Crippen LogP contribution in [0.5, 0.6) is 0 Å². The number of carbonyl (C=O) groups excluding carboxylic acids is 1. The van der Waals surface area contributed by atoms with E-state index in [4.69, 9.17) is 16.3 Å². The monoisotopic (exact) mass is 376 g/mol. The predicted molar refractivity (Wildman–Crippen MR) is 104 cm³/mol. The molecule has 0 bridgehead atoms. The molecule has 1 saturated heterocycles. The van der Waals surface area contributed by atoms with Gasteiger partial charge in [-0.15, -0.1) is 0 Å². The van der Waals surface area contributed by atoms with Crippen molar-refractivity contribution in [1.82, 2.24) is 14.9 Å². The number of carbonyl (C=O) groups is 1. The number of anilines is 1. The van der Waals surface area contributed by atoms with Crippen LogP contribution in [-0.2, 0) is 4.74 Å². The Morgan fingerprint density at radius 1 is 1.31 bits per heavy atom. The van der Waals surface area contributed by atoms with Gasteiger partial charge in [-0.05, 0) is 51.7 Å². The second kappa shape index (κ2) is 7.66. The molecule has 0 radical (unpaired) electrons. The Morgan fingerprint density at radius 3 is 2.69 bits per heavy atom. The van der Waals surface area contributed by atoms with Crippen LogP contribution in [0.25, 0.3) is 11.0 Å². The third-order valence-corrected chi connectivity index (χ3v) is 4.52. The fraction of sp³-hybridized carbons (Fsp3) is 0.526. The third kappa shape index (κ3) is 4.75. The van der Waals surface area contributed by atoms with Crippen molar-refractivity contribution in [2.24, 2.45) is 5.92 Å². The van der Waals surface area contributed by atoms with E-state index in [2.05, 4.69) is 15.3 Å². The molecule has 7 heteroatoms. The maximum atomic E-state index is 12.3. The summed E-state index contributed by atoms with van der Waals surface area (Å²) < 4.78 is 5.48. The van der Waals surface area contributed by atoms with Crippen LogP contribution >= 0.6 is 11.6 Å². The summed E-state index contributed by atoms with van der Waals surface area (Å²) in [6.45, 7) is 7.74. The maximum Gasteiger partial charge on any atom is 0.410 e. The molecule has 1 atom stereocenters. The zero-order valence-electron chi connectivity index (χ0n) is 15.5. The summed E-state index contributed by atoms with van der Waals surface area (Å²) in [6, 6.07) is 7.63. The number of rotatable bonds is 3. The number of nitrogens with one attached hydrogen (secondary N) is 1. The van der Waals surface area contributed by atoms with Gasteiger partial charge in [-0.1, -0.05) is 23.7 Å². The quantitative estimate of drug-likeness (QED) is 0.862. The van der Waals surface area contributed by atoms with Crippen LogP contribution < -0.4 is 5.32 Å². The molecule has 2 aromatic rings. The van der Waals surface area contributed by atoms with Crippen LogP contribution in [0, 0.1) is 5.92 Å². The lowest BCUT2D eigenvalue weighted by Gasteiger charge is -2.34. The van der Waals surface area contributed by atoms with Gasteiger partial charge in [0.1, 0.15) is 5.60 Å². The molecule has 2 heterocycles. The fourth-order valence-electron chi connectivity index (χ4n) is 3.06. The summed E-state index contributed by atoms with van der Waals surface area (Å²) >= 11 is 6.25. The first-order valence-electron chi connectivity index (χ1n) is 8.96. The van der Waals surface area contributed by atoms with Gasteiger partial charge in [0.25, 0.3) is 0 Å². The molecular weight excluding hydrogens is 352 g/mol. The fourth-order valence-corrected chi connectivity index (χ4v) is 3.26. The lowest BCUT2D eigenvalue weighted by atomic mass is 9.98. The van der Waals surface area contributed by atoms with Crippen LogP contribution in [0.15, 0.2) is 24.3 Å². The molecule has 1 fully saturated rings. The van der Waals surface area contributed by atoms with Crippen LogP contribution in [0.1, 0.15) is 33.6 Å². The molecule has 1 N–H and O–H groups in total. The van der Waals surface area contributed by atoms with Gasteiger partial charge < -0.3 is 15.0 Å². The lowest BCUT2D eigenvalue weighted by Crippen LogP contribution is -2.44. The van der Waals surface area contributed by atoms with Crippen molar-refractivity contribution in [3.05, 3.63) is 29.4 Å². The smallest absolute Gasteiger partial charge is 0.410 e. The van der Waals surface area contributed by atoms with Gasteiger partial charge in [0.2, 0.25) is 0 Å². The van der Waals surface area contributed by atoms with Crippen molar-refractivity contribution in [3.8, 4) is 0 Å². The van der Waals surface area contributed by atoms with Gasteiger partial charge in [0.15, 0.2) is 11.0 Å². The number of likely N-dealkylation sites (tertiary alicyclic amines) is 1. The molecule has 3 rings (SSSR count). The lowest BCUT2D eigenvalue weighted by molar-refractivity contribution is 0.0172. The average Bonchev–Trinajstić information content (AvgIpc) is 2.58. The highest BCUT2D eigenvalue weighted by Gasteiger charge is 2.27. The number of piperidine rings is 1. The van der Waals surface area contributed by atoms with E-state index >= 15 is 0 Å². The van der Waals surface area contributed by atoms with Crippen molar-refractivity contribution in [2.45, 2.75) is 39.2 Å². The van der Waals surface area contributed by atoms with Crippen molar-refractivity contribution >= 4 is 34.5 Å². The van der Waals surface area contributed by atoms with Gasteiger partial charge >= 0.3 is 6.09 Å². The van der Waals surface area contributed by atoms with Crippen LogP contribution in [0.3, 0.4) is 0 Å².